The fourth-order valence-corrected chi connectivity index (χ4v) is 4.68. The maximum atomic E-state index is 12.9. The number of hydrogen-bond acceptors (Lipinski definition) is 5. The van der Waals surface area contributed by atoms with Gasteiger partial charge in [-0.15, -0.1) is 0 Å². The Labute approximate surface area is 196 Å². The molecule has 2 aromatic heterocycles. The van der Waals surface area contributed by atoms with E-state index in [1.54, 1.807) is 6.33 Å². The lowest BCUT2D eigenvalue weighted by atomic mass is 9.90. The number of aryl methyl sites for hydroxylation is 1. The summed E-state index contributed by atoms with van der Waals surface area (Å²) in [6.07, 6.45) is 6.05. The summed E-state index contributed by atoms with van der Waals surface area (Å²) in [5.74, 6) is 2.49. The molecule has 0 atom stereocenters. The SMILES string of the molecule is Cc1nn(-c2cc(N(C)C)ncn2)c(C)c1CCC(=O)N1CCC(Cc2ccccc2)CC1. The highest BCUT2D eigenvalue weighted by Gasteiger charge is 2.23. The smallest absolute Gasteiger partial charge is 0.222 e. The minimum atomic E-state index is 0.247. The number of likely N-dealkylation sites (tertiary alicyclic amines) is 1. The van der Waals surface area contributed by atoms with E-state index in [0.29, 0.717) is 18.8 Å². The first-order valence-corrected chi connectivity index (χ1v) is 11.8. The molecule has 1 amide bonds. The number of aromatic nitrogens is 4. The van der Waals surface area contributed by atoms with E-state index in [1.807, 2.05) is 48.5 Å². The maximum Gasteiger partial charge on any atom is 0.222 e. The van der Waals surface area contributed by atoms with Gasteiger partial charge in [-0.25, -0.2) is 14.6 Å². The van der Waals surface area contributed by atoms with Gasteiger partial charge in [-0.05, 0) is 56.6 Å². The van der Waals surface area contributed by atoms with E-state index in [4.69, 9.17) is 5.10 Å². The van der Waals surface area contributed by atoms with Gasteiger partial charge in [-0.3, -0.25) is 4.79 Å². The second-order valence-corrected chi connectivity index (χ2v) is 9.20. The Morgan fingerprint density at radius 3 is 2.52 bits per heavy atom. The molecule has 0 radical (unpaired) electrons. The first-order chi connectivity index (χ1) is 15.9. The van der Waals surface area contributed by atoms with E-state index in [-0.39, 0.29) is 5.91 Å². The predicted octanol–water partition coefficient (Wildman–Crippen LogP) is 3.76. The highest BCUT2D eigenvalue weighted by atomic mass is 16.2. The predicted molar refractivity (Wildman–Crippen MR) is 131 cm³/mol. The third kappa shape index (κ3) is 5.41. The van der Waals surface area contributed by atoms with Gasteiger partial charge < -0.3 is 9.80 Å². The van der Waals surface area contributed by atoms with Gasteiger partial charge in [0, 0.05) is 45.4 Å². The highest BCUT2D eigenvalue weighted by Crippen LogP contribution is 2.24. The van der Waals surface area contributed by atoms with Gasteiger partial charge in [0.25, 0.3) is 0 Å². The van der Waals surface area contributed by atoms with Crippen LogP contribution in [0.4, 0.5) is 5.82 Å². The van der Waals surface area contributed by atoms with Crippen molar-refractivity contribution in [3.63, 3.8) is 0 Å². The van der Waals surface area contributed by atoms with Gasteiger partial charge in [-0.1, -0.05) is 30.3 Å². The Bertz CT molecular complexity index is 1080. The highest BCUT2D eigenvalue weighted by molar-refractivity contribution is 5.76. The number of carbonyl (C=O) groups excluding carboxylic acids is 1. The zero-order chi connectivity index (χ0) is 23.4. The van der Waals surface area contributed by atoms with Crippen LogP contribution >= 0.6 is 0 Å². The van der Waals surface area contributed by atoms with Crippen LogP contribution in [0.2, 0.25) is 0 Å². The Morgan fingerprint density at radius 2 is 1.82 bits per heavy atom. The molecule has 4 rings (SSSR count). The second-order valence-electron chi connectivity index (χ2n) is 9.20. The molecule has 0 N–H and O–H groups in total. The lowest BCUT2D eigenvalue weighted by Crippen LogP contribution is -2.39. The number of rotatable bonds is 7. The van der Waals surface area contributed by atoms with Crippen molar-refractivity contribution < 1.29 is 4.79 Å². The van der Waals surface area contributed by atoms with Crippen LogP contribution in [0.5, 0.6) is 0 Å². The molecule has 7 nitrogen and oxygen atoms in total. The summed E-state index contributed by atoms with van der Waals surface area (Å²) in [5.41, 5.74) is 4.51. The van der Waals surface area contributed by atoms with Gasteiger partial charge in [0.15, 0.2) is 5.82 Å². The van der Waals surface area contributed by atoms with Crippen LogP contribution in [0.1, 0.15) is 41.8 Å². The fourth-order valence-electron chi connectivity index (χ4n) is 4.68. The lowest BCUT2D eigenvalue weighted by molar-refractivity contribution is -0.132. The number of piperidine rings is 1. The van der Waals surface area contributed by atoms with Crippen molar-refractivity contribution in [2.75, 3.05) is 32.1 Å². The molecule has 1 saturated heterocycles. The topological polar surface area (TPSA) is 67.2 Å². The van der Waals surface area contributed by atoms with E-state index in [9.17, 15) is 4.79 Å². The lowest BCUT2D eigenvalue weighted by Gasteiger charge is -2.32. The third-order valence-electron chi connectivity index (χ3n) is 6.68. The molecule has 33 heavy (non-hydrogen) atoms. The Morgan fingerprint density at radius 1 is 1.09 bits per heavy atom. The zero-order valence-corrected chi connectivity index (χ0v) is 20.2. The molecule has 3 heterocycles. The van der Waals surface area contributed by atoms with Crippen molar-refractivity contribution >= 4 is 11.7 Å². The molecule has 0 aliphatic carbocycles. The second kappa shape index (κ2) is 10.1. The van der Waals surface area contributed by atoms with Crippen LogP contribution in [0.3, 0.4) is 0 Å². The average molecular weight is 447 g/mol. The fraction of sp³-hybridized carbons (Fsp3) is 0.462. The van der Waals surface area contributed by atoms with Crippen LogP contribution < -0.4 is 4.90 Å². The van der Waals surface area contributed by atoms with Crippen molar-refractivity contribution in [1.82, 2.24) is 24.6 Å². The van der Waals surface area contributed by atoms with Crippen LogP contribution in [-0.4, -0.2) is 57.7 Å². The van der Waals surface area contributed by atoms with Gasteiger partial charge in [0.1, 0.15) is 12.1 Å². The molecule has 1 aromatic carbocycles. The Balaban J connectivity index is 1.34. The summed E-state index contributed by atoms with van der Waals surface area (Å²) in [6.45, 7) is 5.78. The molecule has 3 aromatic rings. The summed E-state index contributed by atoms with van der Waals surface area (Å²) in [6, 6.07) is 12.6. The number of hydrogen-bond donors (Lipinski definition) is 0. The first kappa shape index (κ1) is 23.0. The standard InChI is InChI=1S/C26H34N6O/c1-19-23(20(2)32(29-19)25-17-24(30(3)4)27-18-28-25)10-11-26(33)31-14-12-22(13-15-31)16-21-8-6-5-7-9-21/h5-9,17-18,22H,10-16H2,1-4H3. The van der Waals surface area contributed by atoms with Crippen molar-refractivity contribution in [2.45, 2.75) is 46.0 Å². The summed E-state index contributed by atoms with van der Waals surface area (Å²) in [5, 5.41) is 4.70. The molecule has 0 bridgehead atoms. The molecular weight excluding hydrogens is 412 g/mol. The normalized spacial score (nSPS) is 14.5. The summed E-state index contributed by atoms with van der Waals surface area (Å²) in [7, 11) is 3.91. The molecule has 0 unspecified atom stereocenters. The zero-order valence-electron chi connectivity index (χ0n) is 20.2. The monoisotopic (exact) mass is 446 g/mol. The molecule has 0 saturated carbocycles. The van der Waals surface area contributed by atoms with Gasteiger partial charge >= 0.3 is 0 Å². The van der Waals surface area contributed by atoms with Gasteiger partial charge in [0.2, 0.25) is 5.91 Å². The third-order valence-corrected chi connectivity index (χ3v) is 6.68. The largest absolute Gasteiger partial charge is 0.363 e. The number of amides is 1. The number of carbonyl (C=O) groups is 1. The number of anilines is 1. The first-order valence-electron chi connectivity index (χ1n) is 11.8. The molecule has 1 aliphatic heterocycles. The van der Waals surface area contributed by atoms with Gasteiger partial charge in [-0.2, -0.15) is 5.10 Å². The summed E-state index contributed by atoms with van der Waals surface area (Å²) in [4.78, 5) is 25.6. The minimum absolute atomic E-state index is 0.247. The van der Waals surface area contributed by atoms with Crippen LogP contribution in [0, 0.1) is 19.8 Å². The molecule has 0 spiro atoms. The summed E-state index contributed by atoms with van der Waals surface area (Å²) >= 11 is 0. The average Bonchev–Trinajstić information content (AvgIpc) is 3.12. The van der Waals surface area contributed by atoms with Crippen LogP contribution in [-0.2, 0) is 17.6 Å². The van der Waals surface area contributed by atoms with Crippen molar-refractivity contribution in [3.05, 3.63) is 65.2 Å². The minimum Gasteiger partial charge on any atom is -0.363 e. The van der Waals surface area contributed by atoms with E-state index < -0.39 is 0 Å². The van der Waals surface area contributed by atoms with E-state index in [1.165, 1.54) is 5.56 Å². The quantitative estimate of drug-likeness (QED) is 0.553. The molecular formula is C26H34N6O. The van der Waals surface area contributed by atoms with Crippen molar-refractivity contribution in [1.29, 1.82) is 0 Å². The Hall–Kier alpha value is -3.22. The van der Waals surface area contributed by atoms with Crippen molar-refractivity contribution in [2.24, 2.45) is 5.92 Å². The summed E-state index contributed by atoms with van der Waals surface area (Å²) < 4.78 is 1.86. The number of benzene rings is 1. The Kier molecular flexibility index (Phi) is 7.06. The van der Waals surface area contributed by atoms with E-state index >= 15 is 0 Å². The van der Waals surface area contributed by atoms with E-state index in [2.05, 4.69) is 40.3 Å². The molecule has 174 valence electrons. The molecule has 1 aliphatic rings. The van der Waals surface area contributed by atoms with Crippen molar-refractivity contribution in [3.8, 4) is 5.82 Å². The number of nitrogens with zero attached hydrogens (tertiary/aromatic N) is 6. The molecule has 7 heteroatoms. The molecule has 1 fully saturated rings. The van der Waals surface area contributed by atoms with E-state index in [0.717, 1.165) is 60.9 Å². The van der Waals surface area contributed by atoms with Gasteiger partial charge in [0.05, 0.1) is 5.69 Å². The maximum absolute atomic E-state index is 12.9. The van der Waals surface area contributed by atoms with Crippen LogP contribution in [0.25, 0.3) is 5.82 Å². The van der Waals surface area contributed by atoms with Crippen LogP contribution in [0.15, 0.2) is 42.7 Å².